The van der Waals surface area contributed by atoms with Gasteiger partial charge < -0.3 is 9.80 Å². The maximum atomic E-state index is 11.9. The molecule has 0 spiro atoms. The third kappa shape index (κ3) is 2.87. The Bertz CT molecular complexity index is 268. The van der Waals surface area contributed by atoms with E-state index in [-0.39, 0.29) is 29.5 Å². The predicted molar refractivity (Wildman–Crippen MR) is 61.8 cm³/mol. The van der Waals surface area contributed by atoms with Crippen molar-refractivity contribution in [2.45, 2.75) is 19.1 Å². The average molecular weight is 230 g/mol. The second kappa shape index (κ2) is 4.88. The van der Waals surface area contributed by atoms with Gasteiger partial charge in [0, 0.05) is 20.1 Å². The Morgan fingerprint density at radius 2 is 2.00 bits per heavy atom. The third-order valence-electron chi connectivity index (χ3n) is 2.65. The van der Waals surface area contributed by atoms with Crippen molar-refractivity contribution in [3.63, 3.8) is 0 Å². The van der Waals surface area contributed by atoms with Gasteiger partial charge >= 0.3 is 0 Å². The second-order valence-corrected chi connectivity index (χ2v) is 4.82. The van der Waals surface area contributed by atoms with Crippen molar-refractivity contribution < 1.29 is 9.59 Å². The van der Waals surface area contributed by atoms with Gasteiger partial charge in [-0.2, -0.15) is 12.6 Å². The summed E-state index contributed by atoms with van der Waals surface area (Å²) in [7, 11) is 1.75. The molecule has 0 aliphatic carbocycles. The summed E-state index contributed by atoms with van der Waals surface area (Å²) in [5.74, 6) is 0.157. The molecule has 1 aliphatic rings. The standard InChI is InChI=1S/C10H18N2O2S/c1-7(2)9(15)10(14)12-5-4-11(3)8(13)6-12/h7,9,15H,4-6H2,1-3H3. The van der Waals surface area contributed by atoms with Crippen LogP contribution in [0.4, 0.5) is 0 Å². The van der Waals surface area contributed by atoms with Crippen molar-refractivity contribution in [3.8, 4) is 0 Å². The van der Waals surface area contributed by atoms with E-state index in [0.717, 1.165) is 0 Å². The zero-order valence-electron chi connectivity index (χ0n) is 9.43. The first-order valence-corrected chi connectivity index (χ1v) is 5.66. The summed E-state index contributed by atoms with van der Waals surface area (Å²) in [6.45, 7) is 5.33. The van der Waals surface area contributed by atoms with Crippen LogP contribution in [0.2, 0.25) is 0 Å². The summed E-state index contributed by atoms with van der Waals surface area (Å²) in [6.07, 6.45) is 0. The molecule has 0 aromatic rings. The highest BCUT2D eigenvalue weighted by atomic mass is 32.1. The summed E-state index contributed by atoms with van der Waals surface area (Å²) in [5.41, 5.74) is 0. The van der Waals surface area contributed by atoms with Crippen LogP contribution >= 0.6 is 12.6 Å². The Balaban J connectivity index is 2.58. The molecule has 1 rings (SSSR count). The van der Waals surface area contributed by atoms with Crippen molar-refractivity contribution in [1.82, 2.24) is 9.80 Å². The molecule has 4 nitrogen and oxygen atoms in total. The Kier molecular flexibility index (Phi) is 4.02. The lowest BCUT2D eigenvalue weighted by molar-refractivity contribution is -0.144. The van der Waals surface area contributed by atoms with E-state index in [1.165, 1.54) is 0 Å². The van der Waals surface area contributed by atoms with Gasteiger partial charge in [-0.15, -0.1) is 0 Å². The molecule has 1 saturated heterocycles. The fraction of sp³-hybridized carbons (Fsp3) is 0.800. The number of nitrogens with zero attached hydrogens (tertiary/aromatic N) is 2. The number of likely N-dealkylation sites (N-methyl/N-ethyl adjacent to an activating group) is 1. The highest BCUT2D eigenvalue weighted by molar-refractivity contribution is 7.81. The summed E-state index contributed by atoms with van der Waals surface area (Å²) in [5, 5.41) is -0.304. The molecule has 1 fully saturated rings. The van der Waals surface area contributed by atoms with Crippen LogP contribution in [0.25, 0.3) is 0 Å². The minimum Gasteiger partial charge on any atom is -0.342 e. The van der Waals surface area contributed by atoms with E-state index >= 15 is 0 Å². The minimum absolute atomic E-state index is 0.00103. The molecule has 2 amide bonds. The Labute approximate surface area is 96.0 Å². The monoisotopic (exact) mass is 230 g/mol. The molecular formula is C10H18N2O2S. The Morgan fingerprint density at radius 1 is 1.40 bits per heavy atom. The highest BCUT2D eigenvalue weighted by Gasteiger charge is 2.29. The quantitative estimate of drug-likeness (QED) is 0.690. The molecule has 1 heterocycles. The highest BCUT2D eigenvalue weighted by Crippen LogP contribution is 2.14. The minimum atomic E-state index is -0.304. The van der Waals surface area contributed by atoms with Gasteiger partial charge in [0.1, 0.15) is 0 Å². The molecule has 0 aromatic heterocycles. The van der Waals surface area contributed by atoms with Gasteiger partial charge in [0.15, 0.2) is 0 Å². The van der Waals surface area contributed by atoms with Crippen LogP contribution < -0.4 is 0 Å². The lowest BCUT2D eigenvalue weighted by atomic mass is 10.1. The van der Waals surface area contributed by atoms with Crippen LogP contribution in [0.15, 0.2) is 0 Å². The van der Waals surface area contributed by atoms with Gasteiger partial charge in [-0.3, -0.25) is 9.59 Å². The van der Waals surface area contributed by atoms with Crippen LogP contribution in [-0.4, -0.2) is 53.5 Å². The number of carbonyl (C=O) groups is 2. The Hall–Kier alpha value is -0.710. The molecule has 0 radical (unpaired) electrons. The second-order valence-electron chi connectivity index (χ2n) is 4.26. The summed E-state index contributed by atoms with van der Waals surface area (Å²) < 4.78 is 0. The van der Waals surface area contributed by atoms with Crippen LogP contribution in [-0.2, 0) is 9.59 Å². The van der Waals surface area contributed by atoms with Gasteiger partial charge in [0.2, 0.25) is 11.8 Å². The summed E-state index contributed by atoms with van der Waals surface area (Å²) in [4.78, 5) is 26.5. The normalized spacial score (nSPS) is 19.7. The van der Waals surface area contributed by atoms with E-state index in [4.69, 9.17) is 0 Å². The van der Waals surface area contributed by atoms with Crippen molar-refractivity contribution in [2.24, 2.45) is 5.92 Å². The largest absolute Gasteiger partial charge is 0.342 e. The maximum absolute atomic E-state index is 11.9. The van der Waals surface area contributed by atoms with Crippen molar-refractivity contribution in [3.05, 3.63) is 0 Å². The number of piperazine rings is 1. The summed E-state index contributed by atoms with van der Waals surface area (Å²) >= 11 is 4.27. The predicted octanol–water partition coefficient (Wildman–Crippen LogP) is 0.241. The molecule has 1 aliphatic heterocycles. The van der Waals surface area contributed by atoms with Gasteiger partial charge in [-0.05, 0) is 5.92 Å². The lowest BCUT2D eigenvalue weighted by Gasteiger charge is -2.33. The van der Waals surface area contributed by atoms with Gasteiger partial charge in [0.25, 0.3) is 0 Å². The van der Waals surface area contributed by atoms with E-state index in [0.29, 0.717) is 13.1 Å². The molecule has 1 unspecified atom stereocenters. The smallest absolute Gasteiger partial charge is 0.241 e. The average Bonchev–Trinajstić information content (AvgIpc) is 2.19. The van der Waals surface area contributed by atoms with Crippen LogP contribution in [0.5, 0.6) is 0 Å². The van der Waals surface area contributed by atoms with E-state index in [2.05, 4.69) is 12.6 Å². The zero-order valence-corrected chi connectivity index (χ0v) is 10.3. The first-order valence-electron chi connectivity index (χ1n) is 5.14. The third-order valence-corrected chi connectivity index (χ3v) is 3.47. The first kappa shape index (κ1) is 12.4. The molecule has 86 valence electrons. The SMILES string of the molecule is CC(C)C(S)C(=O)N1CCN(C)C(=O)C1. The zero-order chi connectivity index (χ0) is 11.6. The van der Waals surface area contributed by atoms with Gasteiger partial charge in [0.05, 0.1) is 11.8 Å². The molecular weight excluding hydrogens is 212 g/mol. The number of hydrogen-bond acceptors (Lipinski definition) is 3. The number of amides is 2. The molecule has 15 heavy (non-hydrogen) atoms. The maximum Gasteiger partial charge on any atom is 0.241 e. The van der Waals surface area contributed by atoms with Crippen molar-refractivity contribution >= 4 is 24.4 Å². The van der Waals surface area contributed by atoms with Crippen LogP contribution in [0, 0.1) is 5.92 Å². The molecule has 1 atom stereocenters. The van der Waals surface area contributed by atoms with E-state index in [1.54, 1.807) is 16.8 Å². The van der Waals surface area contributed by atoms with Crippen LogP contribution in [0.3, 0.4) is 0 Å². The Morgan fingerprint density at radius 3 is 2.47 bits per heavy atom. The summed E-state index contributed by atoms with van der Waals surface area (Å²) in [6, 6.07) is 0. The molecule has 0 saturated carbocycles. The van der Waals surface area contributed by atoms with E-state index in [1.807, 2.05) is 13.8 Å². The fourth-order valence-electron chi connectivity index (χ4n) is 1.42. The van der Waals surface area contributed by atoms with Crippen molar-refractivity contribution in [1.29, 1.82) is 0 Å². The topological polar surface area (TPSA) is 40.6 Å². The lowest BCUT2D eigenvalue weighted by Crippen LogP contribution is -2.53. The molecule has 0 aromatic carbocycles. The van der Waals surface area contributed by atoms with Gasteiger partial charge in [-0.25, -0.2) is 0 Å². The first-order chi connectivity index (χ1) is 6.93. The number of carbonyl (C=O) groups excluding carboxylic acids is 2. The van der Waals surface area contributed by atoms with Crippen molar-refractivity contribution in [2.75, 3.05) is 26.7 Å². The molecule has 0 bridgehead atoms. The molecule has 5 heteroatoms. The number of rotatable bonds is 2. The van der Waals surface area contributed by atoms with E-state index in [9.17, 15) is 9.59 Å². The fourth-order valence-corrected chi connectivity index (χ4v) is 1.58. The van der Waals surface area contributed by atoms with Gasteiger partial charge in [-0.1, -0.05) is 13.8 Å². The number of hydrogen-bond donors (Lipinski definition) is 1. The van der Waals surface area contributed by atoms with Crippen LogP contribution in [0.1, 0.15) is 13.8 Å². The van der Waals surface area contributed by atoms with E-state index < -0.39 is 0 Å². The number of thiol groups is 1. The molecule has 0 N–H and O–H groups in total.